The van der Waals surface area contributed by atoms with Crippen LogP contribution in [-0.4, -0.2) is 50.9 Å². The van der Waals surface area contributed by atoms with E-state index in [9.17, 15) is 22.8 Å². The summed E-state index contributed by atoms with van der Waals surface area (Å²) in [5.41, 5.74) is 0.389. The lowest BCUT2D eigenvalue weighted by Crippen LogP contribution is -2.63. The number of carbonyl (C=O) groups is 3. The van der Waals surface area contributed by atoms with Crippen LogP contribution in [0.1, 0.15) is 61.4 Å². The van der Waals surface area contributed by atoms with E-state index in [1.807, 2.05) is 35.9 Å². The van der Waals surface area contributed by atoms with Crippen molar-refractivity contribution in [3.8, 4) is 0 Å². The number of hydrogen-bond acceptors (Lipinski definition) is 6. The van der Waals surface area contributed by atoms with E-state index in [-0.39, 0.29) is 23.1 Å². The topological polar surface area (TPSA) is 137 Å². The second kappa shape index (κ2) is 11.3. The molecule has 0 spiro atoms. The molecule has 0 radical (unpaired) electrons. The number of nitrogens with zero attached hydrogens (tertiary/aromatic N) is 2. The van der Waals surface area contributed by atoms with E-state index < -0.39 is 27.6 Å². The molecule has 1 aliphatic heterocycles. The maximum Gasteiger partial charge on any atom is 0.321 e. The van der Waals surface area contributed by atoms with Crippen molar-refractivity contribution in [2.75, 3.05) is 23.0 Å². The highest BCUT2D eigenvalue weighted by Crippen LogP contribution is 2.38. The van der Waals surface area contributed by atoms with Crippen LogP contribution in [0, 0.1) is 5.92 Å². The fourth-order valence-electron chi connectivity index (χ4n) is 5.12. The van der Waals surface area contributed by atoms with Crippen molar-refractivity contribution in [1.82, 2.24) is 10.0 Å². The van der Waals surface area contributed by atoms with Crippen LogP contribution in [0.5, 0.6) is 0 Å². The first kappa shape index (κ1) is 27.3. The normalized spacial score (nSPS) is 19.8. The van der Waals surface area contributed by atoms with Crippen LogP contribution in [0.3, 0.4) is 0 Å². The minimum atomic E-state index is -3.75. The number of hydrogen-bond donors (Lipinski definition) is 3. The Hall–Kier alpha value is -3.73. The summed E-state index contributed by atoms with van der Waals surface area (Å²) in [5.74, 6) is -1.28. The van der Waals surface area contributed by atoms with E-state index in [0.29, 0.717) is 6.54 Å². The number of benzene rings is 2. The molecule has 10 nitrogen and oxygen atoms in total. The van der Waals surface area contributed by atoms with Gasteiger partial charge < -0.3 is 15.5 Å². The van der Waals surface area contributed by atoms with Crippen LogP contribution in [0.15, 0.2) is 53.5 Å². The lowest BCUT2D eigenvalue weighted by molar-refractivity contribution is -0.127. The molecule has 2 aromatic carbocycles. The average Bonchev–Trinajstić information content (AvgIpc) is 3.00. The highest BCUT2D eigenvalue weighted by molar-refractivity contribution is 7.89. The molecule has 1 heterocycles. The highest BCUT2D eigenvalue weighted by atomic mass is 32.2. The Morgan fingerprint density at radius 3 is 2.53 bits per heavy atom. The Morgan fingerprint density at radius 2 is 1.82 bits per heavy atom. The van der Waals surface area contributed by atoms with E-state index in [1.165, 1.54) is 18.2 Å². The number of urea groups is 1. The first-order valence-electron chi connectivity index (χ1n) is 12.8. The number of sulfonamides is 1. The van der Waals surface area contributed by atoms with E-state index in [4.69, 9.17) is 4.99 Å². The first-order valence-corrected chi connectivity index (χ1v) is 14.7. The lowest BCUT2D eigenvalue weighted by Gasteiger charge is -2.40. The first-order chi connectivity index (χ1) is 18.1. The van der Waals surface area contributed by atoms with E-state index >= 15 is 0 Å². The number of amides is 4. The minimum Gasteiger partial charge on any atom is -0.308 e. The third kappa shape index (κ3) is 6.04. The van der Waals surface area contributed by atoms with Gasteiger partial charge in [-0.05, 0) is 43.5 Å². The summed E-state index contributed by atoms with van der Waals surface area (Å²) in [4.78, 5) is 46.4. The summed E-state index contributed by atoms with van der Waals surface area (Å²) in [5, 5.41) is 5.61. The Balaban J connectivity index is 1.65. The van der Waals surface area contributed by atoms with Gasteiger partial charge in [0.1, 0.15) is 0 Å². The van der Waals surface area contributed by atoms with Crippen molar-refractivity contribution < 1.29 is 22.8 Å². The summed E-state index contributed by atoms with van der Waals surface area (Å²) in [6, 6.07) is 12.8. The summed E-state index contributed by atoms with van der Waals surface area (Å²) in [7, 11) is -3.75. The quantitative estimate of drug-likeness (QED) is 0.493. The Morgan fingerprint density at radius 1 is 1.08 bits per heavy atom. The van der Waals surface area contributed by atoms with Gasteiger partial charge >= 0.3 is 6.03 Å². The molecule has 0 aromatic heterocycles. The molecule has 202 valence electrons. The van der Waals surface area contributed by atoms with Gasteiger partial charge in [-0.25, -0.2) is 17.9 Å². The second-order valence-electron chi connectivity index (χ2n) is 9.74. The van der Waals surface area contributed by atoms with Gasteiger partial charge in [-0.2, -0.15) is 0 Å². The van der Waals surface area contributed by atoms with Crippen LogP contribution in [0.2, 0.25) is 0 Å². The molecule has 1 aliphatic carbocycles. The number of carbonyl (C=O) groups excluding carboxylic acids is 3. The van der Waals surface area contributed by atoms with Crippen molar-refractivity contribution in [1.29, 1.82) is 0 Å². The third-order valence-corrected chi connectivity index (χ3v) is 7.37. The van der Waals surface area contributed by atoms with E-state index in [1.54, 1.807) is 17.2 Å². The second-order valence-corrected chi connectivity index (χ2v) is 11.5. The summed E-state index contributed by atoms with van der Waals surface area (Å²) in [6.07, 6.45) is 7.74. The Bertz CT molecular complexity index is 1350. The molecule has 0 saturated heterocycles. The van der Waals surface area contributed by atoms with E-state index in [0.717, 1.165) is 56.0 Å². The third-order valence-electron chi connectivity index (χ3n) is 6.81. The number of rotatable bonds is 7. The van der Waals surface area contributed by atoms with Crippen molar-refractivity contribution in [3.05, 3.63) is 59.7 Å². The molecule has 2 aliphatic rings. The number of anilines is 2. The Kier molecular flexibility index (Phi) is 8.15. The summed E-state index contributed by atoms with van der Waals surface area (Å²) >= 11 is 0. The van der Waals surface area contributed by atoms with Gasteiger partial charge in [0, 0.05) is 35.5 Å². The fraction of sp³-hybridized carbons (Fsp3) is 0.407. The predicted molar refractivity (Wildman–Crippen MR) is 147 cm³/mol. The molecule has 3 N–H and O–H groups in total. The molecule has 11 heteroatoms. The van der Waals surface area contributed by atoms with Crippen molar-refractivity contribution in [3.63, 3.8) is 0 Å². The predicted octanol–water partition coefficient (Wildman–Crippen LogP) is 3.65. The fourth-order valence-corrected chi connectivity index (χ4v) is 5.57. The largest absolute Gasteiger partial charge is 0.321 e. The smallest absolute Gasteiger partial charge is 0.308 e. The van der Waals surface area contributed by atoms with Crippen LogP contribution in [0.4, 0.5) is 16.2 Å². The SMILES string of the molecule is CCCN1C(=O)C(NC(=O)Nc2cccc(C(=O)NS(C)(=O)=O)c2)(C2CCCCC2)N=Cc2ccccc21. The van der Waals surface area contributed by atoms with Gasteiger partial charge in [0.05, 0.1) is 11.9 Å². The van der Waals surface area contributed by atoms with Gasteiger partial charge in [0.15, 0.2) is 0 Å². The molecule has 1 fully saturated rings. The molecule has 0 bridgehead atoms. The molecular weight excluding hydrogens is 506 g/mol. The molecule has 38 heavy (non-hydrogen) atoms. The zero-order valence-electron chi connectivity index (χ0n) is 21.6. The van der Waals surface area contributed by atoms with E-state index in [2.05, 4.69) is 10.6 Å². The molecule has 4 amide bonds. The maximum atomic E-state index is 14.2. The molecule has 2 aromatic rings. The molecule has 1 saturated carbocycles. The standard InChI is InChI=1S/C27H33N5O5S/c1-3-16-32-23-15-8-7-10-20(23)18-28-27(25(32)34,21-12-5-4-6-13-21)30-26(35)29-22-14-9-11-19(17-22)24(33)31-38(2,36)37/h7-11,14-15,17-18,21H,3-6,12-13,16H2,1-2H3,(H,31,33)(H2,29,30,35). The number of fused-ring (bicyclic) bond motifs is 1. The molecule has 1 atom stereocenters. The maximum absolute atomic E-state index is 14.2. The number of aliphatic imine (C=N–C) groups is 1. The Labute approximate surface area is 223 Å². The number of nitrogens with one attached hydrogen (secondary N) is 3. The van der Waals surface area contributed by atoms with Crippen LogP contribution in [0.25, 0.3) is 0 Å². The zero-order valence-corrected chi connectivity index (χ0v) is 22.4. The monoisotopic (exact) mass is 539 g/mol. The average molecular weight is 540 g/mol. The van der Waals surface area contributed by atoms with Crippen LogP contribution >= 0.6 is 0 Å². The van der Waals surface area contributed by atoms with Gasteiger partial charge in [0.2, 0.25) is 15.7 Å². The minimum absolute atomic E-state index is 0.0587. The van der Waals surface area contributed by atoms with Crippen LogP contribution < -0.4 is 20.3 Å². The lowest BCUT2D eigenvalue weighted by atomic mass is 9.79. The van der Waals surface area contributed by atoms with Crippen molar-refractivity contribution in [2.24, 2.45) is 10.9 Å². The zero-order chi connectivity index (χ0) is 27.3. The van der Waals surface area contributed by atoms with Crippen LogP contribution in [-0.2, 0) is 14.8 Å². The molecular formula is C27H33N5O5S. The van der Waals surface area contributed by atoms with Gasteiger partial charge in [0.25, 0.3) is 11.8 Å². The van der Waals surface area contributed by atoms with Gasteiger partial charge in [-0.15, -0.1) is 0 Å². The summed E-state index contributed by atoms with van der Waals surface area (Å²) < 4.78 is 24.8. The number of para-hydroxylation sites is 1. The number of benzodiazepines with no additional fused rings is 1. The summed E-state index contributed by atoms with van der Waals surface area (Å²) in [6.45, 7) is 2.48. The van der Waals surface area contributed by atoms with Gasteiger partial charge in [-0.1, -0.05) is 50.5 Å². The molecule has 4 rings (SSSR count). The van der Waals surface area contributed by atoms with Crippen molar-refractivity contribution in [2.45, 2.75) is 51.1 Å². The van der Waals surface area contributed by atoms with Gasteiger partial charge in [-0.3, -0.25) is 14.6 Å². The highest BCUT2D eigenvalue weighted by Gasteiger charge is 2.50. The molecule has 1 unspecified atom stereocenters. The van der Waals surface area contributed by atoms with Crippen molar-refractivity contribution >= 4 is 45.5 Å².